The molecule has 1 aromatic heterocycles. The van der Waals surface area contributed by atoms with Gasteiger partial charge < -0.3 is 4.42 Å². The zero-order chi connectivity index (χ0) is 18.6. The van der Waals surface area contributed by atoms with Crippen LogP contribution in [0.2, 0.25) is 0 Å². The van der Waals surface area contributed by atoms with E-state index in [1.165, 1.54) is 38.2 Å². The van der Waals surface area contributed by atoms with E-state index in [0.29, 0.717) is 0 Å². The van der Waals surface area contributed by atoms with Gasteiger partial charge in [0.05, 0.1) is 0 Å². The quantitative estimate of drug-likeness (QED) is 0.302. The van der Waals surface area contributed by atoms with Crippen molar-refractivity contribution in [3.05, 3.63) is 84.4 Å². The maximum atomic E-state index is 6.09. The molecule has 1 heteroatoms. The van der Waals surface area contributed by atoms with E-state index in [-0.39, 0.29) is 5.41 Å². The van der Waals surface area contributed by atoms with E-state index in [1.807, 2.05) is 12.1 Å². The monoisotopic (exact) mass is 350 g/mol. The largest absolute Gasteiger partial charge is 0.456 e. The number of hydrogen-bond acceptors (Lipinski definition) is 1. The zero-order valence-electron chi connectivity index (χ0n) is 15.9. The van der Waals surface area contributed by atoms with Crippen LogP contribution in [0.25, 0.3) is 43.8 Å². The molecule has 0 unspecified atom stereocenters. The Morgan fingerprint density at radius 3 is 2.26 bits per heavy atom. The summed E-state index contributed by atoms with van der Waals surface area (Å²) >= 11 is 0. The lowest BCUT2D eigenvalue weighted by Crippen LogP contribution is -2.10. The minimum absolute atomic E-state index is 0.150. The van der Waals surface area contributed by atoms with Crippen LogP contribution in [-0.4, -0.2) is 0 Å². The third-order valence-electron chi connectivity index (χ3n) is 5.44. The smallest absolute Gasteiger partial charge is 0.136 e. The second-order valence-electron chi connectivity index (χ2n) is 8.30. The summed E-state index contributed by atoms with van der Waals surface area (Å²) in [5.41, 5.74) is 5.83. The Labute approximate surface area is 159 Å². The highest BCUT2D eigenvalue weighted by Gasteiger charge is 2.15. The molecule has 27 heavy (non-hydrogen) atoms. The molecule has 4 aromatic carbocycles. The highest BCUT2D eigenvalue weighted by atomic mass is 16.3. The van der Waals surface area contributed by atoms with Crippen molar-refractivity contribution in [1.29, 1.82) is 0 Å². The highest BCUT2D eigenvalue weighted by Crippen LogP contribution is 2.36. The Kier molecular flexibility index (Phi) is 3.42. The van der Waals surface area contributed by atoms with Gasteiger partial charge in [0.2, 0.25) is 0 Å². The molecule has 0 amide bonds. The molecule has 0 atom stereocenters. The molecule has 0 bridgehead atoms. The van der Waals surface area contributed by atoms with Crippen molar-refractivity contribution in [3.63, 3.8) is 0 Å². The van der Waals surface area contributed by atoms with Crippen molar-refractivity contribution in [2.45, 2.75) is 26.2 Å². The van der Waals surface area contributed by atoms with E-state index in [0.717, 1.165) is 11.2 Å². The van der Waals surface area contributed by atoms with Crippen molar-refractivity contribution in [1.82, 2.24) is 0 Å². The van der Waals surface area contributed by atoms with E-state index in [2.05, 4.69) is 87.5 Å². The minimum Gasteiger partial charge on any atom is -0.456 e. The average molecular weight is 350 g/mol. The first kappa shape index (κ1) is 16.1. The Hall–Kier alpha value is -3.06. The second kappa shape index (κ2) is 5.72. The average Bonchev–Trinajstić information content (AvgIpc) is 3.04. The number of rotatable bonds is 1. The molecule has 0 saturated carbocycles. The van der Waals surface area contributed by atoms with Crippen LogP contribution in [0.4, 0.5) is 0 Å². The van der Waals surface area contributed by atoms with E-state index in [1.54, 1.807) is 0 Å². The predicted octanol–water partition coefficient (Wildman–Crippen LogP) is 7.70. The van der Waals surface area contributed by atoms with Crippen LogP contribution in [0.5, 0.6) is 0 Å². The lowest BCUT2D eigenvalue weighted by atomic mass is 9.85. The summed E-state index contributed by atoms with van der Waals surface area (Å²) in [5, 5.41) is 4.90. The van der Waals surface area contributed by atoms with Crippen molar-refractivity contribution in [2.75, 3.05) is 0 Å². The van der Waals surface area contributed by atoms with Crippen LogP contribution in [-0.2, 0) is 5.41 Å². The fourth-order valence-corrected chi connectivity index (χ4v) is 3.90. The number of para-hydroxylation sites is 1. The van der Waals surface area contributed by atoms with Crippen LogP contribution in [0, 0.1) is 0 Å². The molecule has 0 fully saturated rings. The molecule has 1 heterocycles. The Morgan fingerprint density at radius 1 is 0.630 bits per heavy atom. The lowest BCUT2D eigenvalue weighted by Gasteiger charge is -2.20. The van der Waals surface area contributed by atoms with Gasteiger partial charge in [-0.1, -0.05) is 81.4 Å². The highest BCUT2D eigenvalue weighted by molar-refractivity contribution is 6.07. The third-order valence-corrected chi connectivity index (χ3v) is 5.44. The molecule has 0 radical (unpaired) electrons. The molecular formula is C26H22O. The van der Waals surface area contributed by atoms with Gasteiger partial charge in [-0.15, -0.1) is 0 Å². The molecule has 0 aliphatic carbocycles. The van der Waals surface area contributed by atoms with Gasteiger partial charge in [0.15, 0.2) is 0 Å². The van der Waals surface area contributed by atoms with E-state index < -0.39 is 0 Å². The molecule has 132 valence electrons. The normalized spacial score (nSPS) is 12.3. The van der Waals surface area contributed by atoms with Crippen LogP contribution in [0.15, 0.2) is 83.3 Å². The van der Waals surface area contributed by atoms with Gasteiger partial charge in [-0.25, -0.2) is 0 Å². The summed E-state index contributed by atoms with van der Waals surface area (Å²) < 4.78 is 6.09. The topological polar surface area (TPSA) is 13.1 Å². The first-order valence-corrected chi connectivity index (χ1v) is 9.46. The molecule has 0 aliphatic rings. The fourth-order valence-electron chi connectivity index (χ4n) is 3.90. The lowest BCUT2D eigenvalue weighted by molar-refractivity contribution is 0.591. The fraction of sp³-hybridized carbons (Fsp3) is 0.154. The number of furan rings is 1. The Balaban J connectivity index is 1.71. The molecule has 0 spiro atoms. The van der Waals surface area contributed by atoms with Gasteiger partial charge in [0, 0.05) is 10.8 Å². The first-order chi connectivity index (χ1) is 13.0. The maximum Gasteiger partial charge on any atom is 0.136 e. The number of benzene rings is 4. The number of hydrogen-bond donors (Lipinski definition) is 0. The summed E-state index contributed by atoms with van der Waals surface area (Å²) in [4.78, 5) is 0. The van der Waals surface area contributed by atoms with Crippen LogP contribution < -0.4 is 0 Å². The van der Waals surface area contributed by atoms with Gasteiger partial charge in [-0.3, -0.25) is 0 Å². The summed E-state index contributed by atoms with van der Waals surface area (Å²) in [6.07, 6.45) is 0. The molecule has 5 rings (SSSR count). The van der Waals surface area contributed by atoms with E-state index in [9.17, 15) is 0 Å². The Morgan fingerprint density at radius 2 is 1.41 bits per heavy atom. The van der Waals surface area contributed by atoms with Gasteiger partial charge in [-0.05, 0) is 51.1 Å². The van der Waals surface area contributed by atoms with Gasteiger partial charge in [0.1, 0.15) is 11.2 Å². The van der Waals surface area contributed by atoms with E-state index >= 15 is 0 Å². The summed E-state index contributed by atoms with van der Waals surface area (Å²) in [6, 6.07) is 28.2. The molecule has 0 aliphatic heterocycles. The standard InChI is InChI=1S/C26H22O/c1-26(2,3)19-12-14-21-17(15-19)7-6-9-20(21)18-11-13-23-22-8-4-5-10-24(22)27-25(23)16-18/h4-16H,1-3H3. The van der Waals surface area contributed by atoms with E-state index in [4.69, 9.17) is 4.42 Å². The van der Waals surface area contributed by atoms with Crippen molar-refractivity contribution in [3.8, 4) is 11.1 Å². The predicted molar refractivity (Wildman–Crippen MR) is 115 cm³/mol. The van der Waals surface area contributed by atoms with Gasteiger partial charge >= 0.3 is 0 Å². The number of fused-ring (bicyclic) bond motifs is 4. The molecule has 0 N–H and O–H groups in total. The third kappa shape index (κ3) is 2.62. The second-order valence-corrected chi connectivity index (χ2v) is 8.30. The molecular weight excluding hydrogens is 328 g/mol. The van der Waals surface area contributed by atoms with Crippen molar-refractivity contribution in [2.24, 2.45) is 0 Å². The summed E-state index contributed by atoms with van der Waals surface area (Å²) in [7, 11) is 0. The van der Waals surface area contributed by atoms with Gasteiger partial charge in [0.25, 0.3) is 0 Å². The van der Waals surface area contributed by atoms with Gasteiger partial charge in [-0.2, -0.15) is 0 Å². The molecule has 0 saturated heterocycles. The van der Waals surface area contributed by atoms with Crippen molar-refractivity contribution >= 4 is 32.7 Å². The summed E-state index contributed by atoms with van der Waals surface area (Å²) in [6.45, 7) is 6.77. The summed E-state index contributed by atoms with van der Waals surface area (Å²) in [5.74, 6) is 0. The SMILES string of the molecule is CC(C)(C)c1ccc2c(-c3ccc4c(c3)oc3ccccc34)cccc2c1. The molecule has 5 aromatic rings. The van der Waals surface area contributed by atoms with Crippen LogP contribution >= 0.6 is 0 Å². The maximum absolute atomic E-state index is 6.09. The minimum atomic E-state index is 0.150. The van der Waals surface area contributed by atoms with Crippen LogP contribution in [0.1, 0.15) is 26.3 Å². The molecule has 1 nitrogen and oxygen atoms in total. The Bertz CT molecular complexity index is 1300. The van der Waals surface area contributed by atoms with Crippen molar-refractivity contribution < 1.29 is 4.42 Å². The first-order valence-electron chi connectivity index (χ1n) is 9.46. The van der Waals surface area contributed by atoms with Crippen LogP contribution in [0.3, 0.4) is 0 Å². The zero-order valence-corrected chi connectivity index (χ0v) is 15.9.